The number of thioether (sulfide) groups is 1. The number of carbonyl (C=O) groups is 1. The van der Waals surface area contributed by atoms with Crippen LogP contribution in [0.1, 0.15) is 52.7 Å². The first kappa shape index (κ1) is 24.9. The summed E-state index contributed by atoms with van der Waals surface area (Å²) in [5, 5.41) is 25.6. The zero-order valence-corrected chi connectivity index (χ0v) is 21.5. The second-order valence-electron chi connectivity index (χ2n) is 11.3. The second kappa shape index (κ2) is 8.77. The van der Waals surface area contributed by atoms with Gasteiger partial charge in [0.25, 0.3) is 0 Å². The van der Waals surface area contributed by atoms with Crippen LogP contribution in [0.4, 0.5) is 5.69 Å². The predicted octanol–water partition coefficient (Wildman–Crippen LogP) is 4.87. The van der Waals surface area contributed by atoms with Crippen LogP contribution >= 0.6 is 11.8 Å². The molecule has 1 amide bonds. The van der Waals surface area contributed by atoms with Crippen LogP contribution in [0.25, 0.3) is 0 Å². The van der Waals surface area contributed by atoms with E-state index in [9.17, 15) is 15.0 Å². The highest BCUT2D eigenvalue weighted by atomic mass is 32.2. The molecule has 2 aromatic rings. The molecule has 1 heterocycles. The number of aliphatic hydroxyl groups excluding tert-OH is 1. The Bertz CT molecular complexity index is 1080. The van der Waals surface area contributed by atoms with Gasteiger partial charge in [-0.1, -0.05) is 59.4 Å². The van der Waals surface area contributed by atoms with Crippen molar-refractivity contribution in [2.24, 2.45) is 11.3 Å². The Hall–Kier alpha value is -2.22. The lowest BCUT2D eigenvalue weighted by atomic mass is 9.95. The number of carbonyl (C=O) groups excluding carboxylic acids is 1. The molecule has 1 saturated carbocycles. The maximum absolute atomic E-state index is 12.6. The summed E-state index contributed by atoms with van der Waals surface area (Å²) in [4.78, 5) is 12.5. The van der Waals surface area contributed by atoms with Crippen molar-refractivity contribution in [1.82, 2.24) is 0 Å². The molecule has 6 nitrogen and oxygen atoms in total. The second-order valence-corrected chi connectivity index (χ2v) is 13.1. The molecule has 4 rings (SSSR count). The summed E-state index contributed by atoms with van der Waals surface area (Å²) < 4.78 is 11.6. The lowest BCUT2D eigenvalue weighted by Gasteiger charge is -2.22. The van der Waals surface area contributed by atoms with Crippen molar-refractivity contribution in [2.45, 2.75) is 70.2 Å². The fourth-order valence-corrected chi connectivity index (χ4v) is 4.65. The third-order valence-electron chi connectivity index (χ3n) is 6.22. The number of amides is 1. The standard InChI is InChI=1S/C27H35NO5S/c1-25(2,3)24(31)28-18-8-10-21(17(13-18)14-34-26(4,5)6)33-22-12-16(7-9-20(22)29)11-19-23(30)27(19)15-32-27/h7-10,12-13,19,23,29-30H,11,14-15H2,1-6H3,(H,28,31)/p-1. The molecule has 3 atom stereocenters. The smallest absolute Gasteiger partial charge is 0.229 e. The number of ether oxygens (including phenoxy) is 2. The molecule has 2 fully saturated rings. The summed E-state index contributed by atoms with van der Waals surface area (Å²) in [5.74, 6) is 1.32. The van der Waals surface area contributed by atoms with Gasteiger partial charge in [-0.25, -0.2) is 0 Å². The summed E-state index contributed by atoms with van der Waals surface area (Å²) in [6.45, 7) is 12.7. The van der Waals surface area contributed by atoms with Crippen LogP contribution in [0.2, 0.25) is 0 Å². The van der Waals surface area contributed by atoms with E-state index >= 15 is 0 Å². The predicted molar refractivity (Wildman–Crippen MR) is 133 cm³/mol. The number of rotatable bonds is 7. The number of anilines is 1. The molecule has 34 heavy (non-hydrogen) atoms. The van der Waals surface area contributed by atoms with E-state index < -0.39 is 11.5 Å². The fourth-order valence-electron chi connectivity index (χ4n) is 3.84. The molecular weight excluding hydrogens is 450 g/mol. The van der Waals surface area contributed by atoms with Crippen LogP contribution in [0.5, 0.6) is 17.2 Å². The van der Waals surface area contributed by atoms with Crippen LogP contribution in [0, 0.1) is 11.3 Å². The lowest BCUT2D eigenvalue weighted by molar-refractivity contribution is -0.269. The van der Waals surface area contributed by atoms with E-state index in [1.807, 2.05) is 26.8 Å². The number of aliphatic hydroxyl groups is 1. The normalized spacial score (nSPS) is 23.6. The first-order chi connectivity index (χ1) is 15.8. The number of hydrogen-bond donors (Lipinski definition) is 2. The van der Waals surface area contributed by atoms with Gasteiger partial charge in [0.15, 0.2) is 0 Å². The highest BCUT2D eigenvalue weighted by molar-refractivity contribution is 7.99. The average molecular weight is 485 g/mol. The monoisotopic (exact) mass is 484 g/mol. The Balaban J connectivity index is 1.56. The minimum Gasteiger partial charge on any atom is -0.870 e. The van der Waals surface area contributed by atoms with Crippen LogP contribution in [0.3, 0.4) is 0 Å². The van der Waals surface area contributed by atoms with Crippen LogP contribution in [-0.2, 0) is 21.7 Å². The average Bonchev–Trinajstić information content (AvgIpc) is 3.63. The highest BCUT2D eigenvalue weighted by Crippen LogP contribution is 2.58. The lowest BCUT2D eigenvalue weighted by Crippen LogP contribution is -2.27. The summed E-state index contributed by atoms with van der Waals surface area (Å²) in [7, 11) is 0. The Kier molecular flexibility index (Phi) is 6.42. The van der Waals surface area contributed by atoms with E-state index in [1.54, 1.807) is 36.0 Å². The molecule has 0 aromatic heterocycles. The van der Waals surface area contributed by atoms with Crippen molar-refractivity contribution in [3.63, 3.8) is 0 Å². The van der Waals surface area contributed by atoms with Crippen LogP contribution in [0.15, 0.2) is 36.4 Å². The summed E-state index contributed by atoms with van der Waals surface area (Å²) in [6.07, 6.45) is 0.211. The van der Waals surface area contributed by atoms with Gasteiger partial charge in [-0.2, -0.15) is 11.8 Å². The first-order valence-corrected chi connectivity index (χ1v) is 12.7. The van der Waals surface area contributed by atoms with Gasteiger partial charge in [-0.3, -0.25) is 4.79 Å². The fraction of sp³-hybridized carbons (Fsp3) is 0.519. The van der Waals surface area contributed by atoms with Crippen LogP contribution in [-0.4, -0.2) is 34.1 Å². The maximum atomic E-state index is 12.6. The summed E-state index contributed by atoms with van der Waals surface area (Å²) in [6, 6.07) is 10.6. The molecule has 0 bridgehead atoms. The molecule has 1 aliphatic heterocycles. The van der Waals surface area contributed by atoms with Crippen molar-refractivity contribution < 1.29 is 24.5 Å². The molecule has 1 saturated heterocycles. The molecule has 7 heteroatoms. The Morgan fingerprint density at radius 1 is 1.18 bits per heavy atom. The van der Waals surface area contributed by atoms with E-state index in [1.165, 1.54) is 6.07 Å². The third-order valence-corrected chi connectivity index (χ3v) is 7.54. The molecule has 0 radical (unpaired) electrons. The minimum absolute atomic E-state index is 0.0392. The van der Waals surface area contributed by atoms with Crippen molar-refractivity contribution in [2.75, 3.05) is 11.9 Å². The molecular formula is C27H34NO5S-. The first-order valence-electron chi connectivity index (χ1n) is 11.7. The number of benzene rings is 2. The Labute approximate surface area is 206 Å². The van der Waals surface area contributed by atoms with Gasteiger partial charge in [0.1, 0.15) is 17.1 Å². The third kappa shape index (κ3) is 5.53. The van der Waals surface area contributed by atoms with Gasteiger partial charge < -0.3 is 25.0 Å². The van der Waals surface area contributed by atoms with E-state index in [-0.39, 0.29) is 33.7 Å². The minimum atomic E-state index is -0.507. The van der Waals surface area contributed by atoms with Crippen molar-refractivity contribution in [3.8, 4) is 17.2 Å². The number of epoxide rings is 1. The zero-order valence-electron chi connectivity index (χ0n) is 20.7. The quantitative estimate of drug-likeness (QED) is 0.545. The van der Waals surface area contributed by atoms with Gasteiger partial charge in [0, 0.05) is 33.1 Å². The molecule has 1 aliphatic carbocycles. The maximum Gasteiger partial charge on any atom is 0.229 e. The van der Waals surface area contributed by atoms with Crippen molar-refractivity contribution >= 4 is 23.4 Å². The number of hydrogen-bond acceptors (Lipinski definition) is 6. The topological polar surface area (TPSA) is 94.2 Å². The summed E-state index contributed by atoms with van der Waals surface area (Å²) in [5.41, 5.74) is 1.68. The SMILES string of the molecule is CC(C)(C)SCc1cc(NC(=O)C(C)(C)C)ccc1Oc1cc(CC2C(O)C23CO3)ccc1[O-]. The largest absolute Gasteiger partial charge is 0.870 e. The zero-order chi connectivity index (χ0) is 24.9. The van der Waals surface area contributed by atoms with Crippen molar-refractivity contribution in [3.05, 3.63) is 47.5 Å². The van der Waals surface area contributed by atoms with Gasteiger partial charge >= 0.3 is 0 Å². The number of nitrogens with one attached hydrogen (secondary N) is 1. The van der Waals surface area contributed by atoms with Crippen LogP contribution < -0.4 is 15.2 Å². The Morgan fingerprint density at radius 2 is 1.88 bits per heavy atom. The molecule has 2 N–H and O–H groups in total. The highest BCUT2D eigenvalue weighted by Gasteiger charge is 2.74. The van der Waals surface area contributed by atoms with Gasteiger partial charge in [-0.05, 0) is 36.2 Å². The van der Waals surface area contributed by atoms with Crippen molar-refractivity contribution in [1.29, 1.82) is 0 Å². The van der Waals surface area contributed by atoms with E-state index in [0.717, 1.165) is 11.1 Å². The summed E-state index contributed by atoms with van der Waals surface area (Å²) >= 11 is 1.76. The van der Waals surface area contributed by atoms with E-state index in [4.69, 9.17) is 9.47 Å². The molecule has 2 aliphatic rings. The van der Waals surface area contributed by atoms with Gasteiger partial charge in [0.05, 0.1) is 12.7 Å². The molecule has 1 spiro atoms. The van der Waals surface area contributed by atoms with Gasteiger partial charge in [0.2, 0.25) is 5.91 Å². The van der Waals surface area contributed by atoms with E-state index in [0.29, 0.717) is 30.2 Å². The Morgan fingerprint density at radius 3 is 2.47 bits per heavy atom. The molecule has 184 valence electrons. The molecule has 2 aromatic carbocycles. The van der Waals surface area contributed by atoms with E-state index in [2.05, 4.69) is 26.1 Å². The van der Waals surface area contributed by atoms with Gasteiger partial charge in [-0.15, -0.1) is 0 Å². The molecule has 3 unspecified atom stereocenters.